The van der Waals surface area contributed by atoms with E-state index >= 15 is 0 Å². The zero-order valence-corrected chi connectivity index (χ0v) is 12.2. The first-order chi connectivity index (χ1) is 9.49. The third-order valence-corrected chi connectivity index (χ3v) is 3.06. The minimum atomic E-state index is -0.0882. The number of hydrogen-bond donors (Lipinski definition) is 1. The van der Waals surface area contributed by atoms with Crippen LogP contribution in [-0.4, -0.2) is 26.7 Å². The van der Waals surface area contributed by atoms with Gasteiger partial charge < -0.3 is 9.84 Å². The van der Waals surface area contributed by atoms with E-state index in [1.165, 1.54) is 5.56 Å². The molecule has 0 unspecified atom stereocenters. The van der Waals surface area contributed by atoms with Gasteiger partial charge in [0.2, 0.25) is 0 Å². The van der Waals surface area contributed by atoms with E-state index in [1.807, 2.05) is 12.1 Å². The van der Waals surface area contributed by atoms with Crippen molar-refractivity contribution < 1.29 is 9.84 Å². The Morgan fingerprint density at radius 1 is 1.20 bits per heavy atom. The molecule has 5 heteroatoms. The molecule has 2 rings (SSSR count). The van der Waals surface area contributed by atoms with Crippen LogP contribution in [0.1, 0.15) is 32.0 Å². The van der Waals surface area contributed by atoms with E-state index in [0.29, 0.717) is 18.8 Å². The maximum Gasteiger partial charge on any atom is 0.119 e. The number of aliphatic hydroxyl groups excluding tert-OH is 1. The van der Waals surface area contributed by atoms with Crippen LogP contribution in [0.4, 0.5) is 0 Å². The van der Waals surface area contributed by atoms with Crippen LogP contribution in [0.5, 0.6) is 5.75 Å². The molecule has 0 atom stereocenters. The van der Waals surface area contributed by atoms with Crippen LogP contribution >= 0.6 is 0 Å². The number of aromatic nitrogens is 3. The molecule has 0 amide bonds. The number of nitrogens with zero attached hydrogens (tertiary/aromatic N) is 3. The Morgan fingerprint density at radius 3 is 2.45 bits per heavy atom. The minimum absolute atomic E-state index is 0.0882. The number of ether oxygens (including phenoxy) is 1. The van der Waals surface area contributed by atoms with Gasteiger partial charge in [0.1, 0.15) is 18.1 Å². The van der Waals surface area contributed by atoms with Crippen molar-refractivity contribution in [2.24, 2.45) is 0 Å². The van der Waals surface area contributed by atoms with Gasteiger partial charge in [-0.1, -0.05) is 38.1 Å². The highest BCUT2D eigenvalue weighted by Gasteiger charge is 2.12. The fourth-order valence-corrected chi connectivity index (χ4v) is 1.83. The first-order valence-corrected chi connectivity index (χ1v) is 6.72. The Kier molecular flexibility index (Phi) is 4.39. The van der Waals surface area contributed by atoms with Crippen LogP contribution in [0, 0.1) is 0 Å². The van der Waals surface area contributed by atoms with Gasteiger partial charge >= 0.3 is 0 Å². The van der Waals surface area contributed by atoms with Gasteiger partial charge in [0.25, 0.3) is 0 Å². The Hall–Kier alpha value is -1.88. The predicted molar refractivity (Wildman–Crippen MR) is 76.6 cm³/mol. The summed E-state index contributed by atoms with van der Waals surface area (Å²) in [6, 6.07) is 8.16. The highest BCUT2D eigenvalue weighted by Crippen LogP contribution is 2.24. The molecule has 0 saturated heterocycles. The quantitative estimate of drug-likeness (QED) is 0.908. The molecule has 0 aliphatic rings. The van der Waals surface area contributed by atoms with E-state index in [9.17, 15) is 0 Å². The Balaban J connectivity index is 1.85. The van der Waals surface area contributed by atoms with Crippen LogP contribution in [0.3, 0.4) is 0 Å². The first-order valence-electron chi connectivity index (χ1n) is 6.72. The van der Waals surface area contributed by atoms with Gasteiger partial charge in [0.05, 0.1) is 19.3 Å². The number of aliphatic hydroxyl groups is 1. The lowest BCUT2D eigenvalue weighted by atomic mass is 9.87. The van der Waals surface area contributed by atoms with Gasteiger partial charge in [0, 0.05) is 0 Å². The van der Waals surface area contributed by atoms with Gasteiger partial charge in [-0.25, -0.2) is 4.68 Å². The Bertz CT molecular complexity index is 541. The van der Waals surface area contributed by atoms with Gasteiger partial charge in [-0.2, -0.15) is 0 Å². The number of rotatable bonds is 5. The van der Waals surface area contributed by atoms with E-state index in [0.717, 1.165) is 5.75 Å². The van der Waals surface area contributed by atoms with E-state index in [1.54, 1.807) is 10.9 Å². The van der Waals surface area contributed by atoms with Crippen LogP contribution in [0.15, 0.2) is 30.5 Å². The number of benzene rings is 1. The molecule has 108 valence electrons. The molecule has 1 aromatic carbocycles. The molecular formula is C15H21N3O2. The Morgan fingerprint density at radius 2 is 1.90 bits per heavy atom. The molecule has 0 aliphatic heterocycles. The lowest BCUT2D eigenvalue weighted by Gasteiger charge is -2.19. The SMILES string of the molecule is CC(C)(C)c1ccc(OCCn2cc(CO)nn2)cc1. The summed E-state index contributed by atoms with van der Waals surface area (Å²) in [7, 11) is 0. The monoisotopic (exact) mass is 275 g/mol. The largest absolute Gasteiger partial charge is 0.492 e. The lowest BCUT2D eigenvalue weighted by Crippen LogP contribution is -2.11. The molecule has 20 heavy (non-hydrogen) atoms. The molecule has 1 N–H and O–H groups in total. The molecule has 2 aromatic rings. The standard InChI is InChI=1S/C15H21N3O2/c1-15(2,3)12-4-6-14(7-5-12)20-9-8-18-10-13(11-19)16-17-18/h4-7,10,19H,8-9,11H2,1-3H3. The fourth-order valence-electron chi connectivity index (χ4n) is 1.83. The molecule has 5 nitrogen and oxygen atoms in total. The van der Waals surface area contributed by atoms with E-state index in [2.05, 4.69) is 43.2 Å². The lowest BCUT2D eigenvalue weighted by molar-refractivity contribution is 0.276. The van der Waals surface area contributed by atoms with E-state index in [-0.39, 0.29) is 12.0 Å². The molecular weight excluding hydrogens is 254 g/mol. The van der Waals surface area contributed by atoms with Crippen LogP contribution < -0.4 is 4.74 Å². The minimum Gasteiger partial charge on any atom is -0.492 e. The predicted octanol–water partition coefficient (Wildman–Crippen LogP) is 2.15. The van der Waals surface area contributed by atoms with Crippen molar-refractivity contribution >= 4 is 0 Å². The zero-order chi connectivity index (χ0) is 14.6. The fraction of sp³-hybridized carbons (Fsp3) is 0.467. The van der Waals surface area contributed by atoms with Crippen molar-refractivity contribution in [1.82, 2.24) is 15.0 Å². The topological polar surface area (TPSA) is 60.2 Å². The Labute approximate surface area is 119 Å². The second kappa shape index (κ2) is 6.05. The van der Waals surface area contributed by atoms with Gasteiger partial charge in [-0.15, -0.1) is 5.10 Å². The summed E-state index contributed by atoms with van der Waals surface area (Å²) < 4.78 is 7.33. The maximum atomic E-state index is 8.90. The van der Waals surface area contributed by atoms with Crippen LogP contribution in [0.25, 0.3) is 0 Å². The summed E-state index contributed by atoms with van der Waals surface area (Å²) in [5, 5.41) is 16.6. The van der Waals surface area contributed by atoms with Crippen LogP contribution in [0.2, 0.25) is 0 Å². The van der Waals surface area contributed by atoms with Gasteiger partial charge in [0.15, 0.2) is 0 Å². The molecule has 0 aliphatic carbocycles. The molecule has 0 bridgehead atoms. The van der Waals surface area contributed by atoms with Crippen molar-refractivity contribution in [2.45, 2.75) is 39.3 Å². The molecule has 0 radical (unpaired) electrons. The van der Waals surface area contributed by atoms with Crippen LogP contribution in [-0.2, 0) is 18.6 Å². The summed E-state index contributed by atoms with van der Waals surface area (Å²) in [6.07, 6.45) is 1.71. The van der Waals surface area contributed by atoms with Crippen molar-refractivity contribution in [3.8, 4) is 5.75 Å². The summed E-state index contributed by atoms with van der Waals surface area (Å²) in [6.45, 7) is 7.59. The van der Waals surface area contributed by atoms with Crippen molar-refractivity contribution in [1.29, 1.82) is 0 Å². The van der Waals surface area contributed by atoms with Gasteiger partial charge in [-0.05, 0) is 23.1 Å². The normalized spacial score (nSPS) is 11.6. The molecule has 1 aromatic heterocycles. The van der Waals surface area contributed by atoms with E-state index < -0.39 is 0 Å². The smallest absolute Gasteiger partial charge is 0.119 e. The molecule has 0 saturated carbocycles. The third-order valence-electron chi connectivity index (χ3n) is 3.06. The second-order valence-corrected chi connectivity index (χ2v) is 5.75. The highest BCUT2D eigenvalue weighted by molar-refractivity contribution is 5.31. The maximum absolute atomic E-state index is 8.90. The second-order valence-electron chi connectivity index (χ2n) is 5.75. The summed E-state index contributed by atoms with van der Waals surface area (Å²) in [5.74, 6) is 0.848. The summed E-state index contributed by atoms with van der Waals surface area (Å²) in [4.78, 5) is 0. The van der Waals surface area contributed by atoms with Crippen molar-refractivity contribution in [2.75, 3.05) is 6.61 Å². The molecule has 0 spiro atoms. The van der Waals surface area contributed by atoms with Crippen molar-refractivity contribution in [3.63, 3.8) is 0 Å². The first kappa shape index (κ1) is 14.5. The van der Waals surface area contributed by atoms with Crippen molar-refractivity contribution in [3.05, 3.63) is 41.7 Å². The zero-order valence-electron chi connectivity index (χ0n) is 12.2. The average molecular weight is 275 g/mol. The molecule has 1 heterocycles. The highest BCUT2D eigenvalue weighted by atomic mass is 16.5. The van der Waals surface area contributed by atoms with Gasteiger partial charge in [-0.3, -0.25) is 0 Å². The third kappa shape index (κ3) is 3.81. The summed E-state index contributed by atoms with van der Waals surface area (Å²) in [5.41, 5.74) is 2.01. The molecule has 0 fully saturated rings. The number of hydrogen-bond acceptors (Lipinski definition) is 4. The summed E-state index contributed by atoms with van der Waals surface area (Å²) >= 11 is 0. The van der Waals surface area contributed by atoms with E-state index in [4.69, 9.17) is 9.84 Å². The average Bonchev–Trinajstić information content (AvgIpc) is 2.86.